The summed E-state index contributed by atoms with van der Waals surface area (Å²) in [7, 11) is 0. The molecule has 2 amide bonds. The van der Waals surface area contributed by atoms with Crippen LogP contribution >= 0.6 is 0 Å². The molecule has 0 aliphatic carbocycles. The lowest BCUT2D eigenvalue weighted by atomic mass is 9.85. The molecule has 0 fully saturated rings. The number of ether oxygens (including phenoxy) is 3. The zero-order valence-corrected chi connectivity index (χ0v) is 32.1. The van der Waals surface area contributed by atoms with Crippen LogP contribution in [0.25, 0.3) is 22.3 Å². The highest BCUT2D eigenvalue weighted by Crippen LogP contribution is 2.41. The molecule has 0 saturated carbocycles. The summed E-state index contributed by atoms with van der Waals surface area (Å²) in [6, 6.07) is 9.89. The third-order valence-electron chi connectivity index (χ3n) is 10.3. The van der Waals surface area contributed by atoms with Crippen molar-refractivity contribution < 1.29 is 42.2 Å². The van der Waals surface area contributed by atoms with E-state index in [1.165, 1.54) is 4.57 Å². The van der Waals surface area contributed by atoms with Gasteiger partial charge in [-0.15, -0.1) is 0 Å². The molecule has 2 aliphatic heterocycles. The molecular formula is C40H44F2N8O8. The normalized spacial score (nSPS) is 16.6. The largest absolute Gasteiger partial charge is 0.509 e. The van der Waals surface area contributed by atoms with E-state index in [4.69, 9.17) is 31.1 Å². The minimum Gasteiger partial charge on any atom is -0.460 e. The van der Waals surface area contributed by atoms with E-state index < -0.39 is 65.2 Å². The zero-order valence-electron chi connectivity index (χ0n) is 32.1. The van der Waals surface area contributed by atoms with Crippen molar-refractivity contribution in [2.24, 2.45) is 17.4 Å². The lowest BCUT2D eigenvalue weighted by molar-refractivity contribution is -0.150. The maximum Gasteiger partial charge on any atom is 0.509 e. The fraction of sp³-hybridized carbons (Fsp3) is 0.375. The number of amides is 2. The van der Waals surface area contributed by atoms with Crippen LogP contribution < -0.4 is 33.0 Å². The molecule has 16 nitrogen and oxygen atoms in total. The summed E-state index contributed by atoms with van der Waals surface area (Å²) in [6.45, 7) is 5.04. The molecule has 8 N–H and O–H groups in total. The summed E-state index contributed by atoms with van der Waals surface area (Å²) >= 11 is 0. The molecule has 3 atom stereocenters. The Bertz CT molecular complexity index is 2350. The number of cyclic esters (lactones) is 1. The molecule has 6 rings (SSSR count). The van der Waals surface area contributed by atoms with Gasteiger partial charge in [-0.3, -0.25) is 24.6 Å². The Morgan fingerprint density at radius 3 is 2.48 bits per heavy atom. The van der Waals surface area contributed by atoms with Crippen molar-refractivity contribution in [1.82, 2.24) is 20.2 Å². The van der Waals surface area contributed by atoms with Crippen LogP contribution in [0.5, 0.6) is 0 Å². The van der Waals surface area contributed by atoms with Gasteiger partial charge in [-0.25, -0.2) is 18.6 Å². The van der Waals surface area contributed by atoms with E-state index in [9.17, 15) is 32.8 Å². The average Bonchev–Trinajstić information content (AvgIpc) is 3.47. The number of nitrogens with zero attached hydrogens (tertiary/aromatic N) is 2. The molecule has 2 aliphatic rings. The first-order chi connectivity index (χ1) is 27.6. The number of aromatic nitrogens is 2. The smallest absolute Gasteiger partial charge is 0.460 e. The molecule has 58 heavy (non-hydrogen) atoms. The van der Waals surface area contributed by atoms with Gasteiger partial charge in [0.2, 0.25) is 11.8 Å². The third kappa shape index (κ3) is 8.76. The summed E-state index contributed by atoms with van der Waals surface area (Å²) in [5, 5.41) is 15.8. The van der Waals surface area contributed by atoms with Gasteiger partial charge in [-0.2, -0.15) is 0 Å². The topological polar surface area (TPSA) is 243 Å². The minimum absolute atomic E-state index is 0.0576. The molecule has 2 aromatic heterocycles. The van der Waals surface area contributed by atoms with Crippen LogP contribution in [0.3, 0.4) is 0 Å². The summed E-state index contributed by atoms with van der Waals surface area (Å²) in [6.07, 6.45) is -0.827. The SMILES string of the molecule is CC[C@@]1(OC(=O)OCc2ccc(NC(=O)[C@H](CCCNC(=N)N)NC(=O)[C@@H](N)C(C)C)cc2)CC(=O)OCc2c1cc1n(c2=O)Cc2cc3cc(F)c(F)cc3nc2-1. The lowest BCUT2D eigenvalue weighted by Crippen LogP contribution is -2.51. The van der Waals surface area contributed by atoms with E-state index in [1.54, 1.807) is 57.2 Å². The number of nitrogens with one attached hydrogen (secondary N) is 4. The molecule has 0 saturated heterocycles. The number of fused-ring (bicyclic) bond motifs is 5. The first-order valence-corrected chi connectivity index (χ1v) is 18.7. The highest BCUT2D eigenvalue weighted by molar-refractivity contribution is 5.98. The van der Waals surface area contributed by atoms with Gasteiger partial charge in [-0.05, 0) is 61.1 Å². The first-order valence-electron chi connectivity index (χ1n) is 18.7. The molecule has 0 radical (unpaired) electrons. The highest BCUT2D eigenvalue weighted by atomic mass is 19.2. The Morgan fingerprint density at radius 2 is 1.79 bits per heavy atom. The van der Waals surface area contributed by atoms with E-state index in [0.29, 0.717) is 46.6 Å². The van der Waals surface area contributed by atoms with Gasteiger partial charge in [-0.1, -0.05) is 32.9 Å². The molecule has 2 aromatic carbocycles. The second-order valence-electron chi connectivity index (χ2n) is 14.6. The van der Waals surface area contributed by atoms with Crippen LogP contribution in [-0.4, -0.2) is 58.1 Å². The van der Waals surface area contributed by atoms with E-state index >= 15 is 0 Å². The first kappa shape index (κ1) is 41.2. The third-order valence-corrected chi connectivity index (χ3v) is 10.3. The maximum atomic E-state index is 14.1. The molecule has 0 unspecified atom stereocenters. The van der Waals surface area contributed by atoms with Gasteiger partial charge in [0.1, 0.15) is 19.3 Å². The van der Waals surface area contributed by atoms with Crippen LogP contribution in [0.4, 0.5) is 19.3 Å². The number of carbonyl (C=O) groups is 4. The number of guanidine groups is 1. The van der Waals surface area contributed by atoms with Crippen LogP contribution in [0.1, 0.15) is 68.7 Å². The molecule has 18 heteroatoms. The number of esters is 1. The quantitative estimate of drug-likeness (QED) is 0.0431. The highest BCUT2D eigenvalue weighted by Gasteiger charge is 2.44. The molecular weight excluding hydrogens is 758 g/mol. The zero-order chi connectivity index (χ0) is 41.9. The molecule has 0 bridgehead atoms. The van der Waals surface area contributed by atoms with Crippen molar-refractivity contribution in [3.63, 3.8) is 0 Å². The number of halogens is 2. The second kappa shape index (κ2) is 17.0. The van der Waals surface area contributed by atoms with Crippen molar-refractivity contribution in [3.8, 4) is 11.4 Å². The van der Waals surface area contributed by atoms with E-state index in [0.717, 1.165) is 12.1 Å². The predicted octanol–water partition coefficient (Wildman–Crippen LogP) is 3.78. The molecule has 4 aromatic rings. The Morgan fingerprint density at radius 1 is 1.07 bits per heavy atom. The lowest BCUT2D eigenvalue weighted by Gasteiger charge is -2.31. The second-order valence-corrected chi connectivity index (χ2v) is 14.6. The Balaban J connectivity index is 1.16. The fourth-order valence-corrected chi connectivity index (χ4v) is 6.94. The number of hydrogen-bond acceptors (Lipinski definition) is 11. The van der Waals surface area contributed by atoms with Gasteiger partial charge < -0.3 is 46.2 Å². The van der Waals surface area contributed by atoms with Crippen molar-refractivity contribution in [3.05, 3.63) is 92.8 Å². The van der Waals surface area contributed by atoms with Crippen molar-refractivity contribution in [2.45, 2.75) is 83.9 Å². The number of pyridine rings is 2. The summed E-state index contributed by atoms with van der Waals surface area (Å²) in [5.41, 5.74) is 11.9. The average molecular weight is 803 g/mol. The van der Waals surface area contributed by atoms with Gasteiger partial charge in [0.05, 0.1) is 41.5 Å². The van der Waals surface area contributed by atoms with Crippen molar-refractivity contribution in [2.75, 3.05) is 11.9 Å². The molecule has 306 valence electrons. The maximum absolute atomic E-state index is 14.1. The van der Waals surface area contributed by atoms with Gasteiger partial charge >= 0.3 is 12.1 Å². The minimum atomic E-state index is -1.66. The van der Waals surface area contributed by atoms with Crippen LogP contribution in [0.15, 0.2) is 53.3 Å². The van der Waals surface area contributed by atoms with Gasteiger partial charge in [0, 0.05) is 34.8 Å². The monoisotopic (exact) mass is 802 g/mol. The number of hydrogen-bond donors (Lipinski definition) is 6. The Hall–Kier alpha value is -6.43. The number of benzene rings is 2. The summed E-state index contributed by atoms with van der Waals surface area (Å²) < 4.78 is 46.3. The number of nitrogens with two attached hydrogens (primary N) is 2. The fourth-order valence-electron chi connectivity index (χ4n) is 6.94. The molecule has 4 heterocycles. The van der Waals surface area contributed by atoms with Crippen LogP contribution in [0.2, 0.25) is 0 Å². The number of anilines is 1. The van der Waals surface area contributed by atoms with Crippen LogP contribution in [0, 0.1) is 23.0 Å². The number of rotatable bonds is 13. The van der Waals surface area contributed by atoms with Crippen molar-refractivity contribution >= 4 is 46.5 Å². The van der Waals surface area contributed by atoms with E-state index in [2.05, 4.69) is 20.9 Å². The summed E-state index contributed by atoms with van der Waals surface area (Å²) in [4.78, 5) is 70.6. The standard InChI is InChI=1S/C40H44F2N8O8/c1-4-40(16-32(51)56-19-25-26(40)14-31-34-23(17-50(31)37(25)54)12-22-13-27(41)28(42)15-30(22)48-34)58-39(55)57-18-21-7-9-24(10-8-21)47-35(52)29(6-5-11-46-38(44)45)49-36(53)33(43)20(2)3/h7-10,12-15,20,29,33H,4-6,11,16-19,43H2,1-3H3,(H,47,52)(H,49,53)(H4,44,45,46)/t29-,33-,40+/m0/s1. The predicted molar refractivity (Wildman–Crippen MR) is 207 cm³/mol. The Kier molecular flexibility index (Phi) is 12.1. The Labute approximate surface area is 331 Å². The number of carbonyl (C=O) groups excluding carboxylic acids is 4. The van der Waals surface area contributed by atoms with Gasteiger partial charge in [0.25, 0.3) is 5.56 Å². The molecule has 0 spiro atoms. The van der Waals surface area contributed by atoms with E-state index in [-0.39, 0.29) is 61.1 Å². The van der Waals surface area contributed by atoms with Crippen molar-refractivity contribution in [1.29, 1.82) is 5.41 Å². The van der Waals surface area contributed by atoms with Crippen LogP contribution in [-0.2, 0) is 54.0 Å². The van der Waals surface area contributed by atoms with E-state index in [1.807, 2.05) is 0 Å². The summed E-state index contributed by atoms with van der Waals surface area (Å²) in [5.74, 6) is -4.14. The van der Waals surface area contributed by atoms with Gasteiger partial charge in [0.15, 0.2) is 23.2 Å².